The number of anilines is 1. The summed E-state index contributed by atoms with van der Waals surface area (Å²) in [5.41, 5.74) is 2.49. The normalized spacial score (nSPS) is 15.0. The second kappa shape index (κ2) is 10.2. The summed E-state index contributed by atoms with van der Waals surface area (Å²) in [5, 5.41) is 4.01. The maximum atomic E-state index is 13.3. The van der Waals surface area contributed by atoms with Crippen LogP contribution in [0.1, 0.15) is 16.7 Å². The third-order valence-electron chi connectivity index (χ3n) is 5.07. The van der Waals surface area contributed by atoms with Crippen LogP contribution in [0.5, 0.6) is 5.75 Å². The number of halogens is 3. The highest BCUT2D eigenvalue weighted by Gasteiger charge is 2.34. The Balaban J connectivity index is 1.68. The van der Waals surface area contributed by atoms with Crippen molar-refractivity contribution in [1.82, 2.24) is 5.32 Å². The number of thiocarbonyl (C=S) groups is 1. The van der Waals surface area contributed by atoms with E-state index in [4.69, 9.17) is 51.8 Å². The van der Waals surface area contributed by atoms with Gasteiger partial charge >= 0.3 is 0 Å². The maximum absolute atomic E-state index is 13.3. The van der Waals surface area contributed by atoms with E-state index in [0.717, 1.165) is 11.1 Å². The molecular weight excluding hydrogens is 515 g/mol. The van der Waals surface area contributed by atoms with Crippen LogP contribution >= 0.6 is 47.0 Å². The molecule has 0 atom stereocenters. The molecule has 1 heterocycles. The molecule has 0 spiro atoms. The van der Waals surface area contributed by atoms with Crippen molar-refractivity contribution in [3.05, 3.63) is 98.0 Å². The molecule has 0 radical (unpaired) electrons. The lowest BCUT2D eigenvalue weighted by molar-refractivity contribution is -0.122. The number of benzene rings is 3. The molecule has 5 nitrogen and oxygen atoms in total. The fourth-order valence-electron chi connectivity index (χ4n) is 3.32. The van der Waals surface area contributed by atoms with Crippen LogP contribution in [0, 0.1) is 6.92 Å². The van der Waals surface area contributed by atoms with Crippen molar-refractivity contribution in [3.63, 3.8) is 0 Å². The number of carbonyl (C=O) groups is 2. The number of rotatable bonds is 5. The third kappa shape index (κ3) is 5.26. The van der Waals surface area contributed by atoms with Gasteiger partial charge in [0.2, 0.25) is 0 Å². The zero-order chi connectivity index (χ0) is 24.4. The van der Waals surface area contributed by atoms with Crippen molar-refractivity contribution < 1.29 is 14.3 Å². The molecule has 9 heteroatoms. The van der Waals surface area contributed by atoms with Gasteiger partial charge in [-0.3, -0.25) is 19.8 Å². The van der Waals surface area contributed by atoms with Gasteiger partial charge in [0.15, 0.2) is 5.11 Å². The number of hydrogen-bond donors (Lipinski definition) is 1. The Morgan fingerprint density at radius 2 is 1.76 bits per heavy atom. The number of nitrogens with one attached hydrogen (secondary N) is 1. The zero-order valence-electron chi connectivity index (χ0n) is 17.8. The number of hydrogen-bond acceptors (Lipinski definition) is 4. The van der Waals surface area contributed by atoms with Gasteiger partial charge in [-0.05, 0) is 78.8 Å². The second-order valence-corrected chi connectivity index (χ2v) is 9.16. The highest BCUT2D eigenvalue weighted by Crippen LogP contribution is 2.30. The smallest absolute Gasteiger partial charge is 0.270 e. The molecular formula is C25H17Cl3N2O3S. The standard InChI is InChI=1S/C25H17Cl3N2O3S/c1-14-5-7-19(12-21(14)28)30-24(32)20(23(31)29-25(30)34)11-16-10-18(27)6-8-22(16)33-13-15-3-2-4-17(26)9-15/h2-12H,13H2,1H3,(H,29,31,34)/b20-11+. The first kappa shape index (κ1) is 24.2. The van der Waals surface area contributed by atoms with Gasteiger partial charge in [0, 0.05) is 20.6 Å². The van der Waals surface area contributed by atoms with E-state index in [1.807, 2.05) is 19.1 Å². The quantitative estimate of drug-likeness (QED) is 0.236. The molecule has 1 saturated heterocycles. The third-order valence-corrected chi connectivity index (χ3v) is 6.23. The second-order valence-electron chi connectivity index (χ2n) is 7.49. The fraction of sp³-hybridized carbons (Fsp3) is 0.0800. The van der Waals surface area contributed by atoms with Gasteiger partial charge in [0.05, 0.1) is 5.69 Å². The van der Waals surface area contributed by atoms with Crippen molar-refractivity contribution in [3.8, 4) is 5.75 Å². The highest BCUT2D eigenvalue weighted by molar-refractivity contribution is 7.80. The van der Waals surface area contributed by atoms with Crippen LogP contribution in [-0.4, -0.2) is 16.9 Å². The molecule has 3 aromatic rings. The maximum Gasteiger partial charge on any atom is 0.270 e. The van der Waals surface area contributed by atoms with Gasteiger partial charge in [0.1, 0.15) is 17.9 Å². The van der Waals surface area contributed by atoms with E-state index in [1.54, 1.807) is 48.5 Å². The van der Waals surface area contributed by atoms with Crippen LogP contribution in [0.15, 0.2) is 66.2 Å². The molecule has 172 valence electrons. The number of nitrogens with zero attached hydrogens (tertiary/aromatic N) is 1. The van der Waals surface area contributed by atoms with E-state index >= 15 is 0 Å². The zero-order valence-corrected chi connectivity index (χ0v) is 20.9. The Labute approximate surface area is 216 Å². The summed E-state index contributed by atoms with van der Waals surface area (Å²) in [6.45, 7) is 2.08. The van der Waals surface area contributed by atoms with Crippen molar-refractivity contribution in [2.45, 2.75) is 13.5 Å². The molecule has 1 aliphatic rings. The molecule has 0 saturated carbocycles. The van der Waals surface area contributed by atoms with E-state index in [0.29, 0.717) is 32.1 Å². The van der Waals surface area contributed by atoms with Crippen LogP contribution in [0.25, 0.3) is 6.08 Å². The molecule has 4 rings (SSSR count). The van der Waals surface area contributed by atoms with Gasteiger partial charge in [-0.25, -0.2) is 0 Å². The minimum Gasteiger partial charge on any atom is -0.488 e. The number of carbonyl (C=O) groups excluding carboxylic acids is 2. The molecule has 1 N–H and O–H groups in total. The summed E-state index contributed by atoms with van der Waals surface area (Å²) in [5.74, 6) is -0.768. The first-order valence-electron chi connectivity index (χ1n) is 10.1. The first-order valence-corrected chi connectivity index (χ1v) is 11.6. The molecule has 1 fully saturated rings. The molecule has 1 aliphatic heterocycles. The van der Waals surface area contributed by atoms with Gasteiger partial charge in [-0.2, -0.15) is 0 Å². The Hall–Kier alpha value is -2.90. The van der Waals surface area contributed by atoms with Gasteiger partial charge in [-0.15, -0.1) is 0 Å². The van der Waals surface area contributed by atoms with Gasteiger partial charge in [0.25, 0.3) is 11.8 Å². The summed E-state index contributed by atoms with van der Waals surface area (Å²) in [6, 6.07) is 17.3. The highest BCUT2D eigenvalue weighted by atomic mass is 35.5. The van der Waals surface area contributed by atoms with Crippen LogP contribution in [0.4, 0.5) is 5.69 Å². The number of aryl methyl sites for hydroxylation is 1. The molecule has 0 aromatic heterocycles. The fourth-order valence-corrected chi connectivity index (χ4v) is 4.17. The van der Waals surface area contributed by atoms with E-state index in [1.165, 1.54) is 11.0 Å². The minimum absolute atomic E-state index is 0.0319. The Morgan fingerprint density at radius 1 is 1.00 bits per heavy atom. The Morgan fingerprint density at radius 3 is 2.50 bits per heavy atom. The van der Waals surface area contributed by atoms with E-state index in [2.05, 4.69) is 5.32 Å². The van der Waals surface area contributed by atoms with Crippen LogP contribution in [0.3, 0.4) is 0 Å². The summed E-state index contributed by atoms with van der Waals surface area (Å²) < 4.78 is 5.95. The SMILES string of the molecule is Cc1ccc(N2C(=O)/C(=C/c3cc(Cl)ccc3OCc3cccc(Cl)c3)C(=O)NC2=S)cc1Cl. The lowest BCUT2D eigenvalue weighted by atomic mass is 10.1. The van der Waals surface area contributed by atoms with Gasteiger partial charge in [-0.1, -0.05) is 53.0 Å². The van der Waals surface area contributed by atoms with Crippen molar-refractivity contribution in [2.24, 2.45) is 0 Å². The molecule has 0 unspecified atom stereocenters. The van der Waals surface area contributed by atoms with Crippen LogP contribution < -0.4 is 15.0 Å². The summed E-state index contributed by atoms with van der Waals surface area (Å²) in [4.78, 5) is 27.3. The number of amides is 2. The lowest BCUT2D eigenvalue weighted by Crippen LogP contribution is -2.54. The van der Waals surface area contributed by atoms with E-state index < -0.39 is 11.8 Å². The lowest BCUT2D eigenvalue weighted by Gasteiger charge is -2.29. The van der Waals surface area contributed by atoms with Crippen LogP contribution in [0.2, 0.25) is 15.1 Å². The molecule has 0 bridgehead atoms. The Kier molecular flexibility index (Phi) is 7.24. The van der Waals surface area contributed by atoms with Crippen LogP contribution in [-0.2, 0) is 16.2 Å². The van der Waals surface area contributed by atoms with Crippen molar-refractivity contribution >= 4 is 75.7 Å². The van der Waals surface area contributed by atoms with Gasteiger partial charge < -0.3 is 4.74 Å². The largest absolute Gasteiger partial charge is 0.488 e. The van der Waals surface area contributed by atoms with Crippen molar-refractivity contribution in [1.29, 1.82) is 0 Å². The predicted octanol–water partition coefficient (Wildman–Crippen LogP) is 6.37. The molecule has 3 aromatic carbocycles. The monoisotopic (exact) mass is 530 g/mol. The average molecular weight is 532 g/mol. The summed E-state index contributed by atoms with van der Waals surface area (Å²) >= 11 is 23.7. The molecule has 0 aliphatic carbocycles. The van der Waals surface area contributed by atoms with Crippen molar-refractivity contribution in [2.75, 3.05) is 4.90 Å². The molecule has 34 heavy (non-hydrogen) atoms. The number of ether oxygens (including phenoxy) is 1. The molecule has 2 amide bonds. The summed E-state index contributed by atoms with van der Waals surface area (Å²) in [7, 11) is 0. The topological polar surface area (TPSA) is 58.6 Å². The minimum atomic E-state index is -0.620. The Bertz CT molecular complexity index is 1360. The average Bonchev–Trinajstić information content (AvgIpc) is 2.78. The first-order chi connectivity index (χ1) is 16.2. The van der Waals surface area contributed by atoms with E-state index in [9.17, 15) is 9.59 Å². The van der Waals surface area contributed by atoms with E-state index in [-0.39, 0.29) is 17.3 Å². The predicted molar refractivity (Wildman–Crippen MR) is 140 cm³/mol. The summed E-state index contributed by atoms with van der Waals surface area (Å²) in [6.07, 6.45) is 1.43.